The normalized spacial score (nSPS) is 11.6. The molecule has 0 radical (unpaired) electrons. The van der Waals surface area contributed by atoms with E-state index in [0.717, 1.165) is 5.56 Å². The van der Waals surface area contributed by atoms with Gasteiger partial charge in [-0.25, -0.2) is 4.98 Å². The lowest BCUT2D eigenvalue weighted by atomic mass is 9.92. The van der Waals surface area contributed by atoms with Crippen LogP contribution in [0.15, 0.2) is 54.6 Å². The fourth-order valence-electron chi connectivity index (χ4n) is 3.55. The predicted molar refractivity (Wildman–Crippen MR) is 108 cm³/mol. The van der Waals surface area contributed by atoms with Crippen molar-refractivity contribution in [3.8, 4) is 11.4 Å². The highest BCUT2D eigenvalue weighted by molar-refractivity contribution is 7.26. The van der Waals surface area contributed by atoms with Gasteiger partial charge in [-0.2, -0.15) is 9.97 Å². The Balaban J connectivity index is 1.93. The maximum Gasteiger partial charge on any atom is 0.226 e. The molecule has 0 aliphatic carbocycles. The molecule has 0 amide bonds. The molecular weight excluding hydrogens is 327 g/mol. The van der Waals surface area contributed by atoms with E-state index >= 15 is 0 Å². The van der Waals surface area contributed by atoms with Crippen molar-refractivity contribution in [2.45, 2.75) is 0 Å². The van der Waals surface area contributed by atoms with E-state index in [-0.39, 0.29) is 0 Å². The van der Waals surface area contributed by atoms with Crippen LogP contribution in [0.5, 0.6) is 0 Å². The molecule has 4 aromatic carbocycles. The Kier molecular flexibility index (Phi) is 3.09. The van der Waals surface area contributed by atoms with Gasteiger partial charge in [0.1, 0.15) is 0 Å². The summed E-state index contributed by atoms with van der Waals surface area (Å²) >= 11 is 0. The number of nitrogens with one attached hydrogen (secondary N) is 1. The summed E-state index contributed by atoms with van der Waals surface area (Å²) in [5, 5.41) is 10.5. The minimum Gasteiger partial charge on any atom is -0.357 e. The highest BCUT2D eigenvalue weighted by atomic mass is 31.0. The van der Waals surface area contributed by atoms with E-state index in [1.54, 1.807) is 0 Å². The van der Waals surface area contributed by atoms with Crippen molar-refractivity contribution in [1.29, 1.82) is 0 Å². The predicted octanol–water partition coefficient (Wildman–Crippen LogP) is 3.98. The number of anilines is 1. The Morgan fingerprint density at radius 1 is 0.760 bits per heavy atom. The molecular formula is C20H15N4P. The van der Waals surface area contributed by atoms with Gasteiger partial charge in [0.25, 0.3) is 0 Å². The maximum absolute atomic E-state index is 4.56. The Morgan fingerprint density at radius 2 is 1.44 bits per heavy atom. The summed E-state index contributed by atoms with van der Waals surface area (Å²) in [6.07, 6.45) is 0. The fraction of sp³-hybridized carbons (Fsp3) is 0.0500. The molecule has 4 nitrogen and oxygen atoms in total. The van der Waals surface area contributed by atoms with Gasteiger partial charge in [0.05, 0.1) is 0 Å². The van der Waals surface area contributed by atoms with Gasteiger partial charge in [-0.3, -0.25) is 0 Å². The summed E-state index contributed by atoms with van der Waals surface area (Å²) in [6.45, 7) is 0. The monoisotopic (exact) mass is 342 g/mol. The van der Waals surface area contributed by atoms with E-state index < -0.39 is 0 Å². The molecule has 1 atom stereocenters. The minimum atomic E-state index is 0.570. The van der Waals surface area contributed by atoms with Crippen LogP contribution in [0.1, 0.15) is 0 Å². The molecule has 0 bridgehead atoms. The summed E-state index contributed by atoms with van der Waals surface area (Å²) in [4.78, 5) is 13.4. The lowest BCUT2D eigenvalue weighted by molar-refractivity contribution is 1.10. The minimum absolute atomic E-state index is 0.570. The average molecular weight is 342 g/mol. The first-order valence-corrected chi connectivity index (χ1v) is 8.68. The number of hydrogen-bond acceptors (Lipinski definition) is 4. The summed E-state index contributed by atoms with van der Waals surface area (Å²) in [5.74, 6) is 1.25. The topological polar surface area (TPSA) is 50.7 Å². The second-order valence-electron chi connectivity index (χ2n) is 6.06. The lowest BCUT2D eigenvalue weighted by Crippen LogP contribution is -2.11. The third-order valence-electron chi connectivity index (χ3n) is 4.65. The van der Waals surface area contributed by atoms with Crippen LogP contribution in [0.4, 0.5) is 5.95 Å². The van der Waals surface area contributed by atoms with Crippen LogP contribution in [0.2, 0.25) is 0 Å². The van der Waals surface area contributed by atoms with E-state index in [0.29, 0.717) is 17.3 Å². The van der Waals surface area contributed by atoms with Crippen molar-refractivity contribution in [1.82, 2.24) is 15.0 Å². The summed E-state index contributed by atoms with van der Waals surface area (Å²) < 4.78 is 0. The van der Waals surface area contributed by atoms with Crippen LogP contribution in [0.25, 0.3) is 43.7 Å². The zero-order valence-electron chi connectivity index (χ0n) is 13.6. The first kappa shape index (κ1) is 14.5. The smallest absolute Gasteiger partial charge is 0.226 e. The Labute approximate surface area is 146 Å². The van der Waals surface area contributed by atoms with Crippen molar-refractivity contribution in [2.75, 3.05) is 12.4 Å². The van der Waals surface area contributed by atoms with E-state index in [2.05, 4.69) is 84.1 Å². The second-order valence-corrected chi connectivity index (χ2v) is 6.58. The first-order valence-electron chi connectivity index (χ1n) is 8.11. The molecule has 1 heterocycles. The molecule has 0 saturated carbocycles. The number of benzene rings is 4. The maximum atomic E-state index is 4.56. The van der Waals surface area contributed by atoms with Crippen molar-refractivity contribution < 1.29 is 0 Å². The highest BCUT2D eigenvalue weighted by Crippen LogP contribution is 2.38. The third-order valence-corrected chi connectivity index (χ3v) is 4.90. The van der Waals surface area contributed by atoms with Gasteiger partial charge in [-0.05, 0) is 38.4 Å². The molecule has 0 spiro atoms. The van der Waals surface area contributed by atoms with Crippen molar-refractivity contribution >= 4 is 53.1 Å². The van der Waals surface area contributed by atoms with Gasteiger partial charge in [0.15, 0.2) is 11.4 Å². The second kappa shape index (κ2) is 5.33. The molecule has 0 fully saturated rings. The van der Waals surface area contributed by atoms with Gasteiger partial charge >= 0.3 is 0 Å². The molecule has 0 aliphatic heterocycles. The standard InChI is InChI=1S/C20H15N4P/c1-21-19-22-18(23-20(25)24-19)15-10-8-13-6-5-11-3-2-4-12-7-9-14(15)17(13)16(11)12/h2-10H,25H2,1H3,(H,21,22,23,24). The van der Waals surface area contributed by atoms with Gasteiger partial charge in [0.2, 0.25) is 5.95 Å². The summed E-state index contributed by atoms with van der Waals surface area (Å²) in [6, 6.07) is 19.4. The van der Waals surface area contributed by atoms with Crippen LogP contribution in [0.3, 0.4) is 0 Å². The van der Waals surface area contributed by atoms with Gasteiger partial charge in [-0.1, -0.05) is 57.8 Å². The molecule has 5 heteroatoms. The van der Waals surface area contributed by atoms with Crippen LogP contribution < -0.4 is 10.9 Å². The fourth-order valence-corrected chi connectivity index (χ4v) is 3.80. The van der Waals surface area contributed by atoms with Crippen molar-refractivity contribution in [3.05, 3.63) is 54.6 Å². The van der Waals surface area contributed by atoms with Gasteiger partial charge in [0, 0.05) is 12.6 Å². The Morgan fingerprint density at radius 3 is 2.20 bits per heavy atom. The SMILES string of the molecule is CNc1nc(P)nc(-c2ccc3ccc4cccc5ccc2c3c45)n1. The lowest BCUT2D eigenvalue weighted by Gasteiger charge is -2.13. The Bertz CT molecular complexity index is 1230. The molecule has 1 N–H and O–H groups in total. The number of nitrogens with zero attached hydrogens (tertiary/aromatic N) is 3. The van der Waals surface area contributed by atoms with E-state index in [9.17, 15) is 0 Å². The van der Waals surface area contributed by atoms with Crippen LogP contribution in [-0.2, 0) is 0 Å². The Hall–Kier alpha value is -2.84. The van der Waals surface area contributed by atoms with Crippen molar-refractivity contribution in [2.24, 2.45) is 0 Å². The van der Waals surface area contributed by atoms with Gasteiger partial charge in [-0.15, -0.1) is 0 Å². The zero-order valence-corrected chi connectivity index (χ0v) is 14.8. The number of rotatable bonds is 2. The third kappa shape index (κ3) is 2.15. The number of hydrogen-bond donors (Lipinski definition) is 1. The van der Waals surface area contributed by atoms with Crippen LogP contribution >= 0.6 is 9.24 Å². The quantitative estimate of drug-likeness (QED) is 0.389. The molecule has 1 unspecified atom stereocenters. The average Bonchev–Trinajstić information content (AvgIpc) is 2.65. The zero-order chi connectivity index (χ0) is 17.0. The molecule has 1 aromatic heterocycles. The number of aromatic nitrogens is 3. The molecule has 0 saturated heterocycles. The summed E-state index contributed by atoms with van der Waals surface area (Å²) in [5.41, 5.74) is 1.65. The van der Waals surface area contributed by atoms with E-state index in [1.165, 1.54) is 32.3 Å². The molecule has 25 heavy (non-hydrogen) atoms. The molecule has 5 rings (SSSR count). The largest absolute Gasteiger partial charge is 0.357 e. The van der Waals surface area contributed by atoms with E-state index in [4.69, 9.17) is 0 Å². The van der Waals surface area contributed by atoms with Crippen LogP contribution in [-0.4, -0.2) is 22.0 Å². The first-order chi connectivity index (χ1) is 12.2. The molecule has 5 aromatic rings. The molecule has 120 valence electrons. The highest BCUT2D eigenvalue weighted by Gasteiger charge is 2.14. The molecule has 0 aliphatic rings. The van der Waals surface area contributed by atoms with Gasteiger partial charge < -0.3 is 5.32 Å². The van der Waals surface area contributed by atoms with Crippen LogP contribution in [0, 0.1) is 0 Å². The van der Waals surface area contributed by atoms with E-state index in [1.807, 2.05) is 7.05 Å². The van der Waals surface area contributed by atoms with Crippen molar-refractivity contribution in [3.63, 3.8) is 0 Å². The summed E-state index contributed by atoms with van der Waals surface area (Å²) in [7, 11) is 4.36.